The Morgan fingerprint density at radius 2 is 1.57 bits per heavy atom. The topological polar surface area (TPSA) is 121 Å². The van der Waals surface area contributed by atoms with Crippen molar-refractivity contribution in [3.8, 4) is 0 Å². The Balaban J connectivity index is 2.60. The second-order valence-corrected chi connectivity index (χ2v) is 4.61. The Morgan fingerprint density at radius 1 is 1.05 bits per heavy atom. The summed E-state index contributed by atoms with van der Waals surface area (Å²) >= 11 is 0. The van der Waals surface area contributed by atoms with Crippen LogP contribution >= 0.6 is 0 Å². The van der Waals surface area contributed by atoms with Crippen LogP contribution in [-0.4, -0.2) is 52.1 Å². The minimum Gasteiger partial charge on any atom is -0.480 e. The second-order valence-electron chi connectivity index (χ2n) is 4.61. The molecule has 0 heterocycles. The van der Waals surface area contributed by atoms with Gasteiger partial charge in [-0.05, 0) is 18.4 Å². The van der Waals surface area contributed by atoms with E-state index >= 15 is 0 Å². The molecular formula is C14H18N2O5. The van der Waals surface area contributed by atoms with Crippen molar-refractivity contribution >= 4 is 17.8 Å². The number of amides is 1. The van der Waals surface area contributed by atoms with Crippen molar-refractivity contribution in [2.45, 2.75) is 18.9 Å². The third-order valence-electron chi connectivity index (χ3n) is 2.87. The van der Waals surface area contributed by atoms with Crippen molar-refractivity contribution in [1.29, 1.82) is 0 Å². The fourth-order valence-corrected chi connectivity index (χ4v) is 1.86. The van der Waals surface area contributed by atoms with E-state index in [2.05, 4.69) is 0 Å². The smallest absolute Gasteiger partial charge is 0.323 e. The number of rotatable bonds is 8. The number of carboxylic acids is 2. The van der Waals surface area contributed by atoms with E-state index in [4.69, 9.17) is 15.9 Å². The maximum atomic E-state index is 12.0. The van der Waals surface area contributed by atoms with Crippen LogP contribution in [0.4, 0.5) is 0 Å². The number of hydrogen-bond acceptors (Lipinski definition) is 4. The second kappa shape index (κ2) is 8.01. The maximum Gasteiger partial charge on any atom is 0.323 e. The molecule has 0 saturated carbocycles. The van der Waals surface area contributed by atoms with Gasteiger partial charge in [0.05, 0.1) is 6.04 Å². The molecule has 0 aliphatic carbocycles. The van der Waals surface area contributed by atoms with E-state index < -0.39 is 37.0 Å². The number of hydrogen-bond donors (Lipinski definition) is 3. The summed E-state index contributed by atoms with van der Waals surface area (Å²) in [6, 6.07) is 8.46. The molecule has 1 rings (SSSR count). The summed E-state index contributed by atoms with van der Waals surface area (Å²) in [6.07, 6.45) is 0.875. The average Bonchev–Trinajstić information content (AvgIpc) is 2.43. The van der Waals surface area contributed by atoms with Crippen LogP contribution in [0.1, 0.15) is 12.0 Å². The third kappa shape index (κ3) is 6.05. The lowest BCUT2D eigenvalue weighted by Gasteiger charge is -2.22. The Labute approximate surface area is 122 Å². The number of nitrogens with zero attached hydrogens (tertiary/aromatic N) is 1. The summed E-state index contributed by atoms with van der Waals surface area (Å²) in [6.45, 7) is -1.35. The van der Waals surface area contributed by atoms with E-state index in [1.165, 1.54) is 0 Å². The SMILES string of the molecule is N[C@@H](CCc1ccccc1)C(=O)N(CC(=O)O)CC(=O)O. The van der Waals surface area contributed by atoms with Gasteiger partial charge < -0.3 is 20.8 Å². The number of nitrogens with two attached hydrogens (primary N) is 1. The monoisotopic (exact) mass is 294 g/mol. The number of carboxylic acid groups (broad SMARTS) is 2. The predicted octanol–water partition coefficient (Wildman–Crippen LogP) is -0.0557. The third-order valence-corrected chi connectivity index (χ3v) is 2.87. The zero-order valence-electron chi connectivity index (χ0n) is 11.4. The Morgan fingerprint density at radius 3 is 2.05 bits per heavy atom. The summed E-state index contributed by atoms with van der Waals surface area (Å²) in [4.78, 5) is 34.1. The molecule has 0 aliphatic rings. The molecule has 0 aromatic heterocycles. The zero-order chi connectivity index (χ0) is 15.8. The first-order valence-corrected chi connectivity index (χ1v) is 6.42. The lowest BCUT2D eigenvalue weighted by atomic mass is 10.0. The van der Waals surface area contributed by atoms with E-state index in [9.17, 15) is 14.4 Å². The van der Waals surface area contributed by atoms with Crippen molar-refractivity contribution in [3.63, 3.8) is 0 Å². The van der Waals surface area contributed by atoms with Gasteiger partial charge in [0.2, 0.25) is 5.91 Å². The highest BCUT2D eigenvalue weighted by molar-refractivity contribution is 5.88. The summed E-state index contributed by atoms with van der Waals surface area (Å²) in [5.74, 6) is -3.23. The fourth-order valence-electron chi connectivity index (χ4n) is 1.86. The van der Waals surface area contributed by atoms with E-state index in [0.717, 1.165) is 10.5 Å². The molecule has 7 nitrogen and oxygen atoms in total. The number of benzene rings is 1. The molecule has 0 radical (unpaired) electrons. The van der Waals surface area contributed by atoms with Gasteiger partial charge in [-0.2, -0.15) is 0 Å². The van der Waals surface area contributed by atoms with Gasteiger partial charge in [0.25, 0.3) is 0 Å². The molecule has 0 spiro atoms. The highest BCUT2D eigenvalue weighted by Gasteiger charge is 2.24. The van der Waals surface area contributed by atoms with Crippen molar-refractivity contribution in [2.75, 3.05) is 13.1 Å². The molecule has 0 saturated heterocycles. The molecule has 21 heavy (non-hydrogen) atoms. The molecule has 0 fully saturated rings. The molecule has 0 unspecified atom stereocenters. The summed E-state index contributed by atoms with van der Waals surface area (Å²) < 4.78 is 0. The Bertz CT molecular complexity index is 487. The first kappa shape index (κ1) is 16.6. The maximum absolute atomic E-state index is 12.0. The van der Waals surface area contributed by atoms with E-state index in [1.54, 1.807) is 0 Å². The lowest BCUT2D eigenvalue weighted by Crippen LogP contribution is -2.48. The van der Waals surface area contributed by atoms with Crippen LogP contribution in [0.15, 0.2) is 30.3 Å². The highest BCUT2D eigenvalue weighted by Crippen LogP contribution is 2.06. The molecule has 0 aliphatic heterocycles. The minimum atomic E-state index is -1.28. The van der Waals surface area contributed by atoms with E-state index in [0.29, 0.717) is 12.8 Å². The fraction of sp³-hybridized carbons (Fsp3) is 0.357. The molecule has 4 N–H and O–H groups in total. The molecule has 1 atom stereocenters. The first-order chi connectivity index (χ1) is 9.90. The average molecular weight is 294 g/mol. The van der Waals surface area contributed by atoms with Crippen molar-refractivity contribution in [2.24, 2.45) is 5.73 Å². The molecular weight excluding hydrogens is 276 g/mol. The van der Waals surface area contributed by atoms with Gasteiger partial charge in [-0.3, -0.25) is 14.4 Å². The largest absolute Gasteiger partial charge is 0.480 e. The van der Waals surface area contributed by atoms with Gasteiger partial charge in [0, 0.05) is 0 Å². The van der Waals surface area contributed by atoms with Crippen LogP contribution in [0.3, 0.4) is 0 Å². The quantitative estimate of drug-likeness (QED) is 0.618. The van der Waals surface area contributed by atoms with Crippen molar-refractivity contribution in [1.82, 2.24) is 4.90 Å². The number of carbonyl (C=O) groups is 3. The van der Waals surface area contributed by atoms with Crippen LogP contribution in [0.25, 0.3) is 0 Å². The number of carbonyl (C=O) groups excluding carboxylic acids is 1. The first-order valence-electron chi connectivity index (χ1n) is 6.42. The van der Waals surface area contributed by atoms with Crippen LogP contribution in [0.2, 0.25) is 0 Å². The lowest BCUT2D eigenvalue weighted by molar-refractivity contribution is -0.149. The molecule has 114 valence electrons. The summed E-state index contributed by atoms with van der Waals surface area (Å²) in [7, 11) is 0. The van der Waals surface area contributed by atoms with E-state index in [-0.39, 0.29) is 0 Å². The number of aliphatic carboxylic acids is 2. The molecule has 0 bridgehead atoms. The molecule has 7 heteroatoms. The standard InChI is InChI=1S/C14H18N2O5/c15-11(7-6-10-4-2-1-3-5-10)14(21)16(8-12(17)18)9-13(19)20/h1-5,11H,6-9,15H2,(H,17,18)(H,19,20)/t11-/m0/s1. The summed E-state index contributed by atoms with van der Waals surface area (Å²) in [5, 5.41) is 17.4. The van der Waals surface area contributed by atoms with Gasteiger partial charge in [-0.25, -0.2) is 0 Å². The van der Waals surface area contributed by atoms with Crippen LogP contribution in [0, 0.1) is 0 Å². The van der Waals surface area contributed by atoms with Gasteiger partial charge in [0.1, 0.15) is 13.1 Å². The van der Waals surface area contributed by atoms with Gasteiger partial charge >= 0.3 is 11.9 Å². The van der Waals surface area contributed by atoms with E-state index in [1.807, 2.05) is 30.3 Å². The van der Waals surface area contributed by atoms with Crippen molar-refractivity contribution in [3.05, 3.63) is 35.9 Å². The highest BCUT2D eigenvalue weighted by atomic mass is 16.4. The van der Waals surface area contributed by atoms with Gasteiger partial charge in [-0.15, -0.1) is 0 Å². The predicted molar refractivity (Wildman–Crippen MR) is 74.6 cm³/mol. The number of aryl methyl sites for hydroxylation is 1. The van der Waals surface area contributed by atoms with Gasteiger partial charge in [-0.1, -0.05) is 30.3 Å². The zero-order valence-corrected chi connectivity index (χ0v) is 11.4. The summed E-state index contributed by atoms with van der Waals surface area (Å²) in [5.41, 5.74) is 6.74. The van der Waals surface area contributed by atoms with Crippen LogP contribution < -0.4 is 5.73 Å². The Kier molecular flexibility index (Phi) is 6.35. The minimum absolute atomic E-state index is 0.318. The molecule has 1 aromatic carbocycles. The molecule has 1 aromatic rings. The van der Waals surface area contributed by atoms with Crippen LogP contribution in [-0.2, 0) is 20.8 Å². The Hall–Kier alpha value is -2.41. The van der Waals surface area contributed by atoms with Crippen molar-refractivity contribution < 1.29 is 24.6 Å². The van der Waals surface area contributed by atoms with Gasteiger partial charge in [0.15, 0.2) is 0 Å². The molecule has 1 amide bonds. The normalized spacial score (nSPS) is 11.7. The van der Waals surface area contributed by atoms with Crippen LogP contribution in [0.5, 0.6) is 0 Å².